The van der Waals surface area contributed by atoms with Gasteiger partial charge in [0.1, 0.15) is 10.2 Å². The number of rotatable bonds is 4. The zero-order valence-electron chi connectivity index (χ0n) is 10.9. The number of ether oxygens (including phenoxy) is 1. The first-order valence-corrected chi connectivity index (χ1v) is 7.53. The van der Waals surface area contributed by atoms with E-state index in [2.05, 4.69) is 10.3 Å². The molecule has 8 heteroatoms. The topological polar surface area (TPSA) is 68.3 Å². The summed E-state index contributed by atoms with van der Waals surface area (Å²) in [6.45, 7) is 1.97. The van der Waals surface area contributed by atoms with Crippen molar-refractivity contribution in [3.8, 4) is 0 Å². The van der Waals surface area contributed by atoms with Crippen LogP contribution in [0.1, 0.15) is 27.6 Å². The Bertz CT molecular complexity index is 688. The molecule has 110 valence electrons. The molecule has 5 nitrogen and oxygen atoms in total. The van der Waals surface area contributed by atoms with E-state index in [1.807, 2.05) is 0 Å². The molecule has 2 aromatic rings. The van der Waals surface area contributed by atoms with Crippen molar-refractivity contribution in [3.63, 3.8) is 0 Å². The Morgan fingerprint density at radius 1 is 1.38 bits per heavy atom. The van der Waals surface area contributed by atoms with Crippen molar-refractivity contribution in [2.75, 3.05) is 11.9 Å². The van der Waals surface area contributed by atoms with Gasteiger partial charge in [0.05, 0.1) is 22.8 Å². The van der Waals surface area contributed by atoms with Crippen LogP contribution in [0, 0.1) is 0 Å². The quantitative estimate of drug-likeness (QED) is 0.674. The first-order valence-electron chi connectivity index (χ1n) is 5.90. The molecule has 0 unspecified atom stereocenters. The molecule has 0 aliphatic rings. The third kappa shape index (κ3) is 3.72. The van der Waals surface area contributed by atoms with Gasteiger partial charge >= 0.3 is 5.97 Å². The van der Waals surface area contributed by atoms with Crippen molar-refractivity contribution >= 4 is 51.4 Å². The van der Waals surface area contributed by atoms with Crippen molar-refractivity contribution in [2.45, 2.75) is 6.92 Å². The standard InChI is InChI=1S/C13H10Cl2N2O3S/c1-2-20-13(19)7-3-4-21-12(7)17-11(18)8-5-10(15)16-6-9(8)14/h3-6H,2H2,1H3,(H,17,18). The minimum Gasteiger partial charge on any atom is -0.462 e. The molecule has 0 atom stereocenters. The number of amides is 1. The van der Waals surface area contributed by atoms with Crippen LogP contribution in [0.5, 0.6) is 0 Å². The molecule has 0 aromatic carbocycles. The molecule has 2 aromatic heterocycles. The lowest BCUT2D eigenvalue weighted by Gasteiger charge is -2.07. The normalized spacial score (nSPS) is 10.2. The van der Waals surface area contributed by atoms with Crippen molar-refractivity contribution in [3.05, 3.63) is 45.0 Å². The van der Waals surface area contributed by atoms with Crippen molar-refractivity contribution in [2.24, 2.45) is 0 Å². The molecule has 0 saturated carbocycles. The summed E-state index contributed by atoms with van der Waals surface area (Å²) in [4.78, 5) is 27.7. The number of carbonyl (C=O) groups is 2. The van der Waals surface area contributed by atoms with Crippen LogP contribution in [-0.2, 0) is 4.74 Å². The van der Waals surface area contributed by atoms with Crippen LogP contribution in [0.4, 0.5) is 5.00 Å². The predicted octanol–water partition coefficient (Wildman–Crippen LogP) is 3.88. The molecule has 2 heterocycles. The molecule has 0 aliphatic heterocycles. The highest BCUT2D eigenvalue weighted by Crippen LogP contribution is 2.26. The van der Waals surface area contributed by atoms with Gasteiger partial charge in [0, 0.05) is 6.20 Å². The van der Waals surface area contributed by atoms with Crippen LogP contribution in [0.2, 0.25) is 10.2 Å². The van der Waals surface area contributed by atoms with E-state index in [9.17, 15) is 9.59 Å². The molecule has 1 N–H and O–H groups in total. The van der Waals surface area contributed by atoms with Crippen LogP contribution >= 0.6 is 34.5 Å². The maximum atomic E-state index is 12.2. The van der Waals surface area contributed by atoms with Crippen molar-refractivity contribution < 1.29 is 14.3 Å². The van der Waals surface area contributed by atoms with Gasteiger partial charge in [-0.15, -0.1) is 11.3 Å². The fourth-order valence-corrected chi connectivity index (χ4v) is 2.65. The Labute approximate surface area is 134 Å². The number of esters is 1. The molecule has 2 rings (SSSR count). The lowest BCUT2D eigenvalue weighted by molar-refractivity contribution is 0.0528. The molecule has 0 spiro atoms. The Kier molecular flexibility index (Phi) is 5.17. The van der Waals surface area contributed by atoms with Crippen LogP contribution < -0.4 is 5.32 Å². The van der Waals surface area contributed by atoms with E-state index in [1.54, 1.807) is 18.4 Å². The molecule has 1 amide bonds. The number of thiophene rings is 1. The number of hydrogen-bond donors (Lipinski definition) is 1. The van der Waals surface area contributed by atoms with Gasteiger partial charge < -0.3 is 10.1 Å². The number of nitrogens with one attached hydrogen (secondary N) is 1. The Morgan fingerprint density at radius 3 is 2.86 bits per heavy atom. The maximum Gasteiger partial charge on any atom is 0.341 e. The third-order valence-corrected chi connectivity index (χ3v) is 3.79. The highest BCUT2D eigenvalue weighted by Gasteiger charge is 2.18. The van der Waals surface area contributed by atoms with E-state index >= 15 is 0 Å². The first-order chi connectivity index (χ1) is 10.0. The predicted molar refractivity (Wildman–Crippen MR) is 82.5 cm³/mol. The first kappa shape index (κ1) is 15.8. The fraction of sp³-hybridized carbons (Fsp3) is 0.154. The summed E-state index contributed by atoms with van der Waals surface area (Å²) in [5, 5.41) is 5.02. The van der Waals surface area contributed by atoms with Gasteiger partial charge in [-0.1, -0.05) is 23.2 Å². The van der Waals surface area contributed by atoms with Gasteiger partial charge in [0.25, 0.3) is 5.91 Å². The number of hydrogen-bond acceptors (Lipinski definition) is 5. The summed E-state index contributed by atoms with van der Waals surface area (Å²) in [6.07, 6.45) is 1.29. The second-order valence-corrected chi connectivity index (χ2v) is 5.54. The van der Waals surface area contributed by atoms with E-state index in [4.69, 9.17) is 27.9 Å². The SMILES string of the molecule is CCOC(=O)c1ccsc1NC(=O)c1cc(Cl)ncc1Cl. The van der Waals surface area contributed by atoms with E-state index in [-0.39, 0.29) is 22.3 Å². The van der Waals surface area contributed by atoms with E-state index in [0.29, 0.717) is 10.6 Å². The Morgan fingerprint density at radius 2 is 2.14 bits per heavy atom. The third-order valence-electron chi connectivity index (χ3n) is 2.45. The van der Waals surface area contributed by atoms with Gasteiger partial charge in [-0.3, -0.25) is 4.79 Å². The minimum atomic E-state index is -0.493. The molecular formula is C13H10Cl2N2O3S. The summed E-state index contributed by atoms with van der Waals surface area (Å²) in [7, 11) is 0. The summed E-state index contributed by atoms with van der Waals surface area (Å²) in [5.74, 6) is -0.967. The molecule has 0 fully saturated rings. The monoisotopic (exact) mass is 344 g/mol. The number of carbonyl (C=O) groups excluding carboxylic acids is 2. The number of aromatic nitrogens is 1. The number of pyridine rings is 1. The summed E-state index contributed by atoms with van der Waals surface area (Å²) >= 11 is 12.9. The molecule has 0 aliphatic carbocycles. The maximum absolute atomic E-state index is 12.2. The fourth-order valence-electron chi connectivity index (χ4n) is 1.53. The average molecular weight is 345 g/mol. The smallest absolute Gasteiger partial charge is 0.341 e. The second kappa shape index (κ2) is 6.89. The van der Waals surface area contributed by atoms with E-state index in [1.165, 1.54) is 23.6 Å². The zero-order chi connectivity index (χ0) is 15.4. The highest BCUT2D eigenvalue weighted by atomic mass is 35.5. The number of nitrogens with zero attached hydrogens (tertiary/aromatic N) is 1. The number of anilines is 1. The minimum absolute atomic E-state index is 0.154. The summed E-state index contributed by atoms with van der Waals surface area (Å²) in [5.41, 5.74) is 0.478. The average Bonchev–Trinajstić information content (AvgIpc) is 2.90. The Hall–Kier alpha value is -1.63. The highest BCUT2D eigenvalue weighted by molar-refractivity contribution is 7.14. The summed E-state index contributed by atoms with van der Waals surface area (Å²) in [6, 6.07) is 2.94. The van der Waals surface area contributed by atoms with Crippen LogP contribution in [0.3, 0.4) is 0 Å². The van der Waals surface area contributed by atoms with Gasteiger partial charge in [-0.2, -0.15) is 0 Å². The van der Waals surface area contributed by atoms with Gasteiger partial charge in [-0.05, 0) is 24.4 Å². The number of halogens is 2. The van der Waals surface area contributed by atoms with Crippen LogP contribution in [0.15, 0.2) is 23.7 Å². The Balaban J connectivity index is 2.22. The lowest BCUT2D eigenvalue weighted by atomic mass is 10.2. The largest absolute Gasteiger partial charge is 0.462 e. The van der Waals surface area contributed by atoms with Crippen LogP contribution in [0.25, 0.3) is 0 Å². The molecule has 0 saturated heterocycles. The van der Waals surface area contributed by atoms with Gasteiger partial charge in [0.2, 0.25) is 0 Å². The lowest BCUT2D eigenvalue weighted by Crippen LogP contribution is -2.15. The van der Waals surface area contributed by atoms with Crippen molar-refractivity contribution in [1.29, 1.82) is 0 Å². The zero-order valence-corrected chi connectivity index (χ0v) is 13.2. The molecule has 0 radical (unpaired) electrons. The van der Waals surface area contributed by atoms with Crippen LogP contribution in [-0.4, -0.2) is 23.5 Å². The molecule has 0 bridgehead atoms. The molecule has 21 heavy (non-hydrogen) atoms. The van der Waals surface area contributed by atoms with E-state index < -0.39 is 11.9 Å². The summed E-state index contributed by atoms with van der Waals surface area (Å²) < 4.78 is 4.92. The van der Waals surface area contributed by atoms with Gasteiger partial charge in [-0.25, -0.2) is 9.78 Å². The second-order valence-electron chi connectivity index (χ2n) is 3.82. The van der Waals surface area contributed by atoms with E-state index in [0.717, 1.165) is 0 Å². The van der Waals surface area contributed by atoms with Gasteiger partial charge in [0.15, 0.2) is 0 Å². The molecular weight excluding hydrogens is 335 g/mol. The van der Waals surface area contributed by atoms with Crippen molar-refractivity contribution in [1.82, 2.24) is 4.98 Å².